The first-order valence-corrected chi connectivity index (χ1v) is 7.78. The van der Waals surface area contributed by atoms with Gasteiger partial charge in [0.25, 0.3) is 17.8 Å². The normalized spacial score (nSPS) is 14.3. The molecule has 25 heavy (non-hydrogen) atoms. The van der Waals surface area contributed by atoms with E-state index in [4.69, 9.17) is 15.2 Å². The molecule has 1 aliphatic rings. The molecule has 0 unspecified atom stereocenters. The van der Waals surface area contributed by atoms with Crippen molar-refractivity contribution in [3.63, 3.8) is 0 Å². The number of nitrogens with two attached hydrogens (primary N) is 1. The molecule has 0 spiro atoms. The predicted molar refractivity (Wildman–Crippen MR) is 87.5 cm³/mol. The summed E-state index contributed by atoms with van der Waals surface area (Å²) in [5.74, 6) is -0.422. The summed E-state index contributed by atoms with van der Waals surface area (Å²) in [4.78, 5) is 37.4. The quantitative estimate of drug-likeness (QED) is 0.471. The molecule has 0 fully saturated rings. The van der Waals surface area contributed by atoms with Crippen LogP contribution >= 0.6 is 0 Å². The van der Waals surface area contributed by atoms with E-state index in [9.17, 15) is 9.59 Å². The van der Waals surface area contributed by atoms with Crippen LogP contribution in [0.3, 0.4) is 0 Å². The van der Waals surface area contributed by atoms with E-state index in [1.807, 2.05) is 13.8 Å². The molecule has 1 amide bonds. The number of hydrogen-bond acceptors (Lipinski definition) is 9. The lowest BCUT2D eigenvalue weighted by molar-refractivity contribution is -0.432. The van der Waals surface area contributed by atoms with Crippen LogP contribution in [0.2, 0.25) is 0 Å². The highest BCUT2D eigenvalue weighted by atomic mass is 16.5. The Morgan fingerprint density at radius 2 is 2.12 bits per heavy atom. The summed E-state index contributed by atoms with van der Waals surface area (Å²) in [6.07, 6.45) is 0. The molecule has 0 bridgehead atoms. The van der Waals surface area contributed by atoms with E-state index in [1.165, 1.54) is 11.7 Å². The number of guanidine groups is 1. The maximum atomic E-state index is 12.2. The van der Waals surface area contributed by atoms with Gasteiger partial charge < -0.3 is 20.5 Å². The van der Waals surface area contributed by atoms with E-state index in [2.05, 4.69) is 20.3 Å². The maximum Gasteiger partial charge on any atom is 0.370 e. The lowest BCUT2D eigenvalue weighted by Gasteiger charge is -2.10. The van der Waals surface area contributed by atoms with E-state index in [1.54, 1.807) is 6.92 Å². The largest absolute Gasteiger partial charge is 0.464 e. The Morgan fingerprint density at radius 3 is 2.72 bits per heavy atom. The molecule has 136 valence electrons. The second-order valence-electron chi connectivity index (χ2n) is 5.47. The zero-order valence-corrected chi connectivity index (χ0v) is 14.6. The van der Waals surface area contributed by atoms with Gasteiger partial charge in [-0.05, 0) is 20.8 Å². The van der Waals surface area contributed by atoms with Gasteiger partial charge in [0.1, 0.15) is 6.54 Å². The molecular weight excluding hydrogens is 330 g/mol. The van der Waals surface area contributed by atoms with Gasteiger partial charge in [0.05, 0.1) is 13.7 Å². The average Bonchev–Trinajstić information content (AvgIpc) is 2.82. The SMILES string of the molecule is CCOC(=O)CN1C(=O)C[N+](c2nc(NC(C)C)nc(OC)n2)=C1N. The fraction of sp³-hybridized carbons (Fsp3) is 0.571. The molecule has 1 aliphatic heterocycles. The number of methoxy groups -OCH3 is 1. The van der Waals surface area contributed by atoms with Gasteiger partial charge in [0.15, 0.2) is 6.54 Å². The van der Waals surface area contributed by atoms with Crippen LogP contribution in [0.15, 0.2) is 0 Å². The molecule has 0 aromatic carbocycles. The van der Waals surface area contributed by atoms with Gasteiger partial charge in [-0.3, -0.25) is 4.79 Å². The Morgan fingerprint density at radius 1 is 1.40 bits per heavy atom. The lowest BCUT2D eigenvalue weighted by atomic mass is 10.4. The number of aromatic nitrogens is 3. The van der Waals surface area contributed by atoms with Gasteiger partial charge in [0, 0.05) is 6.04 Å². The first-order valence-electron chi connectivity index (χ1n) is 7.78. The molecule has 3 N–H and O–H groups in total. The van der Waals surface area contributed by atoms with Crippen molar-refractivity contribution in [1.82, 2.24) is 19.9 Å². The van der Waals surface area contributed by atoms with Crippen molar-refractivity contribution in [3.8, 4) is 6.01 Å². The van der Waals surface area contributed by atoms with E-state index < -0.39 is 5.97 Å². The zero-order chi connectivity index (χ0) is 18.6. The van der Waals surface area contributed by atoms with E-state index in [-0.39, 0.29) is 49.6 Å². The molecule has 11 nitrogen and oxygen atoms in total. The third-order valence-corrected chi connectivity index (χ3v) is 3.18. The molecule has 2 heterocycles. The van der Waals surface area contributed by atoms with Crippen molar-refractivity contribution in [2.45, 2.75) is 26.8 Å². The van der Waals surface area contributed by atoms with Crippen LogP contribution in [0, 0.1) is 0 Å². The highest BCUT2D eigenvalue weighted by molar-refractivity contribution is 6.00. The van der Waals surface area contributed by atoms with Gasteiger partial charge in [-0.15, -0.1) is 4.98 Å². The van der Waals surface area contributed by atoms with Crippen LogP contribution in [0.25, 0.3) is 0 Å². The van der Waals surface area contributed by atoms with E-state index in [0.29, 0.717) is 5.95 Å². The number of esters is 1. The Hall–Kier alpha value is -2.98. The summed E-state index contributed by atoms with van der Waals surface area (Å²) in [7, 11) is 1.42. The molecule has 0 aliphatic carbocycles. The summed E-state index contributed by atoms with van der Waals surface area (Å²) >= 11 is 0. The number of ether oxygens (including phenoxy) is 2. The molecule has 1 aromatic heterocycles. The summed E-state index contributed by atoms with van der Waals surface area (Å²) in [5, 5.41) is 3.04. The van der Waals surface area contributed by atoms with Crippen molar-refractivity contribution in [2.24, 2.45) is 5.73 Å². The molecule has 11 heteroatoms. The lowest BCUT2D eigenvalue weighted by Crippen LogP contribution is -2.42. The smallest absolute Gasteiger partial charge is 0.370 e. The standard InChI is InChI=1S/C14H21N7O4/c1-5-25-10(23)7-20-9(22)6-21(11(20)15)13-17-12(16-8(2)3)18-14(19-13)24-4/h8,15H,5-7H2,1-4H3,(H,16,17,18,19)/p+1. The highest BCUT2D eigenvalue weighted by Crippen LogP contribution is 2.17. The number of hydrogen-bond donors (Lipinski definition) is 2. The summed E-state index contributed by atoms with van der Waals surface area (Å²) in [5.41, 5.74) is 6.01. The number of carbonyl (C=O) groups is 2. The Bertz CT molecular complexity index is 704. The number of carbonyl (C=O) groups excluding carboxylic acids is 2. The fourth-order valence-electron chi connectivity index (χ4n) is 2.13. The van der Waals surface area contributed by atoms with Gasteiger partial charge >= 0.3 is 17.9 Å². The molecule has 0 saturated heterocycles. The minimum absolute atomic E-state index is 0.0433. The van der Waals surface area contributed by atoms with Crippen LogP contribution in [-0.2, 0) is 14.3 Å². The second kappa shape index (κ2) is 7.73. The van der Waals surface area contributed by atoms with Gasteiger partial charge in [0.2, 0.25) is 0 Å². The molecule has 0 atom stereocenters. The monoisotopic (exact) mass is 352 g/mol. The first-order chi connectivity index (χ1) is 11.8. The van der Waals surface area contributed by atoms with Crippen molar-refractivity contribution in [2.75, 3.05) is 32.1 Å². The molecular formula is C14H22N7O4+. The van der Waals surface area contributed by atoms with Crippen molar-refractivity contribution < 1.29 is 23.6 Å². The summed E-state index contributed by atoms with van der Waals surface area (Å²) < 4.78 is 11.3. The number of amides is 1. The third kappa shape index (κ3) is 4.31. The minimum Gasteiger partial charge on any atom is -0.464 e. The Kier molecular flexibility index (Phi) is 5.67. The van der Waals surface area contributed by atoms with Gasteiger partial charge in [-0.1, -0.05) is 9.97 Å². The second-order valence-corrected chi connectivity index (χ2v) is 5.47. The van der Waals surface area contributed by atoms with Gasteiger partial charge in [-0.2, -0.15) is 0 Å². The highest BCUT2D eigenvalue weighted by Gasteiger charge is 2.37. The first kappa shape index (κ1) is 18.4. The topological polar surface area (TPSA) is 136 Å². The third-order valence-electron chi connectivity index (χ3n) is 3.18. The van der Waals surface area contributed by atoms with Crippen molar-refractivity contribution in [1.29, 1.82) is 0 Å². The summed E-state index contributed by atoms with van der Waals surface area (Å²) in [6.45, 7) is 5.39. The average molecular weight is 352 g/mol. The summed E-state index contributed by atoms with van der Waals surface area (Å²) in [6, 6.07) is 0.166. The van der Waals surface area contributed by atoms with Gasteiger partial charge in [-0.25, -0.2) is 14.3 Å². The minimum atomic E-state index is -0.545. The van der Waals surface area contributed by atoms with Crippen molar-refractivity contribution >= 4 is 29.7 Å². The van der Waals surface area contributed by atoms with Crippen LogP contribution < -0.4 is 15.8 Å². The number of rotatable bonds is 7. The molecule has 0 saturated carbocycles. The molecule has 1 aromatic rings. The molecule has 2 rings (SSSR count). The maximum absolute atomic E-state index is 12.2. The number of nitrogens with zero attached hydrogens (tertiary/aromatic N) is 5. The van der Waals surface area contributed by atoms with Crippen molar-refractivity contribution in [3.05, 3.63) is 0 Å². The number of anilines is 1. The Labute approximate surface area is 144 Å². The predicted octanol–water partition coefficient (Wildman–Crippen LogP) is -0.935. The van der Waals surface area contributed by atoms with E-state index in [0.717, 1.165) is 4.90 Å². The molecule has 0 radical (unpaired) electrons. The number of nitrogens with one attached hydrogen (secondary N) is 1. The van der Waals surface area contributed by atoms with Crippen LogP contribution in [0.4, 0.5) is 11.9 Å². The fourth-order valence-corrected chi connectivity index (χ4v) is 2.13. The van der Waals surface area contributed by atoms with Crippen LogP contribution in [0.1, 0.15) is 20.8 Å². The zero-order valence-electron chi connectivity index (χ0n) is 14.6. The Balaban J connectivity index is 2.34. The van der Waals surface area contributed by atoms with Crippen LogP contribution in [0.5, 0.6) is 6.01 Å². The van der Waals surface area contributed by atoms with Crippen LogP contribution in [-0.4, -0.2) is 75.1 Å². The van der Waals surface area contributed by atoms with E-state index >= 15 is 0 Å².